The second-order valence-electron chi connectivity index (χ2n) is 8.03. The summed E-state index contributed by atoms with van der Waals surface area (Å²) in [7, 11) is 0. The Bertz CT molecular complexity index is 1450. The lowest BCUT2D eigenvalue weighted by molar-refractivity contribution is -0.137. The average Bonchev–Trinajstić information content (AvgIpc) is 3.35. The van der Waals surface area contributed by atoms with Gasteiger partial charge >= 0.3 is 12.1 Å². The molecule has 0 amide bonds. The highest BCUT2D eigenvalue weighted by atomic mass is 35.5. The van der Waals surface area contributed by atoms with Gasteiger partial charge in [-0.05, 0) is 36.8 Å². The van der Waals surface area contributed by atoms with Gasteiger partial charge in [0.2, 0.25) is 5.13 Å². The zero-order chi connectivity index (χ0) is 26.4. The molecule has 1 N–H and O–H groups in total. The standard InChI is InChI=1S/C24H18Cl2F3N3O2S2/c1-11(2)35-22-19(14-6-9-16(25)17(26)10-14)30-23(36-22)32-20(21(33)34)18(12(3)31-32)13-4-7-15(8-5-13)24(27,28)29/h4-11H,1-3H3,(H,33,34). The molecule has 36 heavy (non-hydrogen) atoms. The van der Waals surface area contributed by atoms with Crippen LogP contribution in [0.1, 0.15) is 35.6 Å². The minimum atomic E-state index is -4.50. The zero-order valence-electron chi connectivity index (χ0n) is 19.0. The van der Waals surface area contributed by atoms with Gasteiger partial charge in [-0.15, -0.1) is 11.8 Å². The number of aryl methyl sites for hydroxylation is 1. The van der Waals surface area contributed by atoms with Crippen LogP contribution in [0.5, 0.6) is 0 Å². The highest BCUT2D eigenvalue weighted by Crippen LogP contribution is 2.42. The number of thiazole rings is 1. The lowest BCUT2D eigenvalue weighted by Gasteiger charge is -2.08. The van der Waals surface area contributed by atoms with E-state index in [2.05, 4.69) is 5.10 Å². The van der Waals surface area contributed by atoms with E-state index in [0.717, 1.165) is 16.3 Å². The Kier molecular flexibility index (Phi) is 7.43. The first-order valence-corrected chi connectivity index (χ1v) is 13.0. The molecule has 0 aliphatic carbocycles. The zero-order valence-corrected chi connectivity index (χ0v) is 22.2. The monoisotopic (exact) mass is 571 g/mol. The third-order valence-corrected chi connectivity index (χ3v) is 8.05. The Balaban J connectivity index is 1.88. The van der Waals surface area contributed by atoms with E-state index in [1.54, 1.807) is 36.9 Å². The van der Waals surface area contributed by atoms with E-state index in [4.69, 9.17) is 28.2 Å². The third kappa shape index (κ3) is 5.27. The Morgan fingerprint density at radius 1 is 1.08 bits per heavy atom. The molecule has 0 atom stereocenters. The van der Waals surface area contributed by atoms with Crippen LogP contribution in [0.15, 0.2) is 46.7 Å². The van der Waals surface area contributed by atoms with Crippen molar-refractivity contribution in [1.82, 2.24) is 14.8 Å². The van der Waals surface area contributed by atoms with Crippen LogP contribution in [0, 0.1) is 6.92 Å². The predicted octanol–water partition coefficient (Wildman–Crippen LogP) is 8.50. The van der Waals surface area contributed by atoms with Crippen molar-refractivity contribution in [2.24, 2.45) is 0 Å². The number of aromatic carboxylic acids is 1. The first kappa shape index (κ1) is 26.5. The van der Waals surface area contributed by atoms with Crippen molar-refractivity contribution in [2.45, 2.75) is 36.4 Å². The van der Waals surface area contributed by atoms with Crippen molar-refractivity contribution in [3.05, 3.63) is 69.5 Å². The van der Waals surface area contributed by atoms with E-state index >= 15 is 0 Å². The van der Waals surface area contributed by atoms with E-state index < -0.39 is 17.7 Å². The largest absolute Gasteiger partial charge is 0.476 e. The molecule has 12 heteroatoms. The normalized spacial score (nSPS) is 11.9. The van der Waals surface area contributed by atoms with E-state index in [1.807, 2.05) is 13.8 Å². The SMILES string of the molecule is Cc1nn(-c2nc(-c3ccc(Cl)c(Cl)c3)c(SC(C)C)s2)c(C(=O)O)c1-c1ccc(C(F)(F)F)cc1. The van der Waals surface area contributed by atoms with Gasteiger partial charge in [-0.3, -0.25) is 0 Å². The molecular weight excluding hydrogens is 554 g/mol. The van der Waals surface area contributed by atoms with Gasteiger partial charge in [0.1, 0.15) is 0 Å². The first-order chi connectivity index (χ1) is 16.9. The molecule has 0 saturated heterocycles. The van der Waals surface area contributed by atoms with Crippen LogP contribution in [0.4, 0.5) is 13.2 Å². The lowest BCUT2D eigenvalue weighted by Crippen LogP contribution is -2.09. The van der Waals surface area contributed by atoms with Gasteiger partial charge in [-0.2, -0.15) is 23.0 Å². The molecule has 0 aliphatic heterocycles. The van der Waals surface area contributed by atoms with Crippen LogP contribution < -0.4 is 0 Å². The molecule has 4 aromatic rings. The minimum absolute atomic E-state index is 0.192. The number of halogens is 5. The molecule has 0 fully saturated rings. The van der Waals surface area contributed by atoms with Crippen LogP contribution in [0.25, 0.3) is 27.5 Å². The van der Waals surface area contributed by atoms with Crippen LogP contribution in [0.3, 0.4) is 0 Å². The summed E-state index contributed by atoms with van der Waals surface area (Å²) in [5, 5.41) is 15.7. The maximum atomic E-state index is 13.0. The van der Waals surface area contributed by atoms with Crippen LogP contribution >= 0.6 is 46.3 Å². The van der Waals surface area contributed by atoms with Gasteiger partial charge < -0.3 is 5.11 Å². The maximum Gasteiger partial charge on any atom is 0.416 e. The predicted molar refractivity (Wildman–Crippen MR) is 138 cm³/mol. The summed E-state index contributed by atoms with van der Waals surface area (Å²) in [5.74, 6) is -1.28. The second kappa shape index (κ2) is 10.1. The average molecular weight is 572 g/mol. The van der Waals surface area contributed by atoms with E-state index in [-0.39, 0.29) is 16.5 Å². The quantitative estimate of drug-likeness (QED) is 0.235. The Labute approximate surface area is 222 Å². The first-order valence-electron chi connectivity index (χ1n) is 10.5. The van der Waals surface area contributed by atoms with Crippen molar-refractivity contribution in [3.8, 4) is 27.5 Å². The van der Waals surface area contributed by atoms with Gasteiger partial charge in [0.25, 0.3) is 0 Å². The Morgan fingerprint density at radius 3 is 2.28 bits per heavy atom. The van der Waals surface area contributed by atoms with Crippen LogP contribution in [-0.2, 0) is 6.18 Å². The number of thioether (sulfide) groups is 1. The van der Waals surface area contributed by atoms with Gasteiger partial charge in [0.05, 0.1) is 31.2 Å². The van der Waals surface area contributed by atoms with Crippen molar-refractivity contribution in [3.63, 3.8) is 0 Å². The van der Waals surface area contributed by atoms with Crippen LogP contribution in [0.2, 0.25) is 10.0 Å². The molecule has 2 heterocycles. The topological polar surface area (TPSA) is 68.0 Å². The van der Waals surface area contributed by atoms with Crippen LogP contribution in [-0.4, -0.2) is 31.1 Å². The van der Waals surface area contributed by atoms with Gasteiger partial charge in [-0.1, -0.05) is 66.6 Å². The fourth-order valence-corrected chi connectivity index (χ4v) is 6.32. The number of alkyl halides is 3. The van der Waals surface area contributed by atoms with Crippen molar-refractivity contribution >= 4 is 52.3 Å². The number of nitrogens with zero attached hydrogens (tertiary/aromatic N) is 3. The molecule has 2 aromatic heterocycles. The summed E-state index contributed by atoms with van der Waals surface area (Å²) < 4.78 is 41.1. The van der Waals surface area contributed by atoms with Crippen molar-refractivity contribution in [2.75, 3.05) is 0 Å². The minimum Gasteiger partial charge on any atom is -0.476 e. The molecule has 5 nitrogen and oxygen atoms in total. The smallest absolute Gasteiger partial charge is 0.416 e. The lowest BCUT2D eigenvalue weighted by atomic mass is 10.0. The summed E-state index contributed by atoms with van der Waals surface area (Å²) in [6.45, 7) is 5.64. The van der Waals surface area contributed by atoms with E-state index in [0.29, 0.717) is 37.7 Å². The summed E-state index contributed by atoms with van der Waals surface area (Å²) in [6.07, 6.45) is -4.50. The number of hydrogen-bond donors (Lipinski definition) is 1. The molecule has 188 valence electrons. The highest BCUT2D eigenvalue weighted by Gasteiger charge is 2.31. The highest BCUT2D eigenvalue weighted by molar-refractivity contribution is 8.01. The number of carboxylic acids is 1. The Morgan fingerprint density at radius 2 is 1.72 bits per heavy atom. The number of hydrogen-bond acceptors (Lipinski definition) is 5. The summed E-state index contributed by atoms with van der Waals surface area (Å²) in [4.78, 5) is 17.0. The molecular formula is C24H18Cl2F3N3O2S2. The molecule has 0 unspecified atom stereocenters. The maximum absolute atomic E-state index is 13.0. The fourth-order valence-electron chi connectivity index (χ4n) is 3.54. The molecule has 0 aliphatic rings. The molecule has 0 bridgehead atoms. The van der Waals surface area contributed by atoms with E-state index in [1.165, 1.54) is 28.2 Å². The van der Waals surface area contributed by atoms with Gasteiger partial charge in [0, 0.05) is 16.4 Å². The second-order valence-corrected chi connectivity index (χ2v) is 11.7. The number of aromatic nitrogens is 3. The molecule has 0 spiro atoms. The van der Waals surface area contributed by atoms with Gasteiger partial charge in [0.15, 0.2) is 5.69 Å². The molecule has 0 radical (unpaired) electrons. The summed E-state index contributed by atoms with van der Waals surface area (Å²) in [5.41, 5.74) is 1.17. The van der Waals surface area contributed by atoms with Gasteiger partial charge in [-0.25, -0.2) is 9.78 Å². The number of rotatable bonds is 6. The molecule has 2 aromatic carbocycles. The summed E-state index contributed by atoms with van der Waals surface area (Å²) >= 11 is 15.1. The number of carboxylic acid groups (broad SMARTS) is 1. The third-order valence-electron chi connectivity index (χ3n) is 5.07. The number of benzene rings is 2. The number of carbonyl (C=O) groups is 1. The van der Waals surface area contributed by atoms with Crippen molar-refractivity contribution < 1.29 is 23.1 Å². The van der Waals surface area contributed by atoms with Crippen molar-refractivity contribution in [1.29, 1.82) is 0 Å². The molecule has 0 saturated carbocycles. The summed E-state index contributed by atoms with van der Waals surface area (Å²) in [6, 6.07) is 9.44. The van der Waals surface area contributed by atoms with E-state index in [9.17, 15) is 23.1 Å². The Hall–Kier alpha value is -2.53. The fraction of sp³-hybridized carbons (Fsp3) is 0.208. The molecule has 4 rings (SSSR count).